The van der Waals surface area contributed by atoms with Crippen LogP contribution in [0.3, 0.4) is 0 Å². The maximum Gasteiger partial charge on any atom is 0.247 e. The van der Waals surface area contributed by atoms with Crippen LogP contribution >= 0.6 is 0 Å². The highest BCUT2D eigenvalue weighted by Crippen LogP contribution is 2.61. The van der Waals surface area contributed by atoms with Crippen LogP contribution in [0, 0.1) is 17.2 Å². The van der Waals surface area contributed by atoms with E-state index in [9.17, 15) is 9.59 Å². The number of carbonyl (C=O) groups excluding carboxylic acids is 2. The van der Waals surface area contributed by atoms with Gasteiger partial charge in [-0.05, 0) is 42.7 Å². The van der Waals surface area contributed by atoms with E-state index in [0.717, 1.165) is 27.7 Å². The zero-order valence-corrected chi connectivity index (χ0v) is 19.8. The van der Waals surface area contributed by atoms with Crippen LogP contribution in [0.5, 0.6) is 5.75 Å². The number of pyridine rings is 1. The molecule has 1 saturated heterocycles. The third-order valence-electron chi connectivity index (χ3n) is 7.44. The van der Waals surface area contributed by atoms with Gasteiger partial charge in [0.1, 0.15) is 6.61 Å². The molecule has 1 aromatic heterocycles. The molecule has 8 heteroatoms. The summed E-state index contributed by atoms with van der Waals surface area (Å²) in [6.45, 7) is 0.153. The summed E-state index contributed by atoms with van der Waals surface area (Å²) in [6.07, 6.45) is 0.741. The van der Waals surface area contributed by atoms with Gasteiger partial charge in [-0.2, -0.15) is 0 Å². The zero-order valence-electron chi connectivity index (χ0n) is 19.8. The van der Waals surface area contributed by atoms with E-state index >= 15 is 4.39 Å². The molecule has 3 N–H and O–H groups in total. The first kappa shape index (κ1) is 23.1. The van der Waals surface area contributed by atoms with E-state index < -0.39 is 29.1 Å². The fourth-order valence-corrected chi connectivity index (χ4v) is 5.34. The lowest BCUT2D eigenvalue weighted by Crippen LogP contribution is -2.28. The van der Waals surface area contributed by atoms with Crippen LogP contribution in [0.1, 0.15) is 30.0 Å². The molecule has 2 amide bonds. The highest BCUT2D eigenvalue weighted by atomic mass is 19.1. The number of para-hydroxylation sites is 1. The van der Waals surface area contributed by atoms with Gasteiger partial charge in [-0.1, -0.05) is 54.6 Å². The minimum absolute atomic E-state index is 0.105. The largest absolute Gasteiger partial charge is 0.486 e. The Kier molecular flexibility index (Phi) is 5.61. The van der Waals surface area contributed by atoms with Crippen LogP contribution in [0.4, 0.5) is 4.39 Å². The van der Waals surface area contributed by atoms with Crippen LogP contribution in [-0.2, 0) is 16.2 Å². The van der Waals surface area contributed by atoms with Gasteiger partial charge in [0, 0.05) is 16.5 Å². The number of amides is 2. The second-order valence-electron chi connectivity index (χ2n) is 9.65. The Balaban J connectivity index is 1.21. The number of hydrogen-bond acceptors (Lipinski definition) is 5. The molecule has 3 aromatic carbocycles. The van der Waals surface area contributed by atoms with Crippen LogP contribution in [0.15, 0.2) is 78.9 Å². The molecule has 1 aliphatic carbocycles. The predicted molar refractivity (Wildman–Crippen MR) is 134 cm³/mol. The van der Waals surface area contributed by atoms with Crippen molar-refractivity contribution < 1.29 is 23.9 Å². The molecule has 3 atom stereocenters. The van der Waals surface area contributed by atoms with Crippen molar-refractivity contribution in [2.24, 2.45) is 11.3 Å². The second-order valence-corrected chi connectivity index (χ2v) is 9.65. The third-order valence-corrected chi connectivity index (χ3v) is 7.44. The van der Waals surface area contributed by atoms with Crippen molar-refractivity contribution in [2.45, 2.75) is 25.5 Å². The molecule has 1 saturated carbocycles. The van der Waals surface area contributed by atoms with Gasteiger partial charge in [0.2, 0.25) is 11.8 Å². The number of halogens is 1. The summed E-state index contributed by atoms with van der Waals surface area (Å²) in [6, 6.07) is 23.8. The highest BCUT2D eigenvalue weighted by Gasteiger charge is 2.67. The van der Waals surface area contributed by atoms with Crippen LogP contribution in [0.25, 0.3) is 22.2 Å². The van der Waals surface area contributed by atoms with E-state index in [1.165, 1.54) is 6.07 Å². The van der Waals surface area contributed by atoms with Gasteiger partial charge < -0.3 is 10.1 Å². The smallest absolute Gasteiger partial charge is 0.247 e. The lowest BCUT2D eigenvalue weighted by molar-refractivity contribution is -0.134. The first-order chi connectivity index (χ1) is 18.0. The van der Waals surface area contributed by atoms with Crippen LogP contribution < -0.4 is 15.5 Å². The molecule has 2 fully saturated rings. The molecular formula is C29H24FN3O4. The second kappa shape index (κ2) is 8.97. The Morgan fingerprint density at radius 1 is 1.08 bits per heavy atom. The molecule has 1 aliphatic heterocycles. The van der Waals surface area contributed by atoms with E-state index in [1.807, 2.05) is 60.7 Å². The molecule has 0 radical (unpaired) electrons. The molecular weight excluding hydrogens is 473 g/mol. The number of nitrogens with zero attached hydrogens (tertiary/aromatic N) is 1. The number of aromatic nitrogens is 1. The number of ether oxygens (including phenoxy) is 1. The van der Waals surface area contributed by atoms with Gasteiger partial charge in [-0.3, -0.25) is 14.8 Å². The van der Waals surface area contributed by atoms with E-state index in [2.05, 4.69) is 5.32 Å². The van der Waals surface area contributed by atoms with Gasteiger partial charge >= 0.3 is 0 Å². The molecule has 2 heterocycles. The quantitative estimate of drug-likeness (QED) is 0.265. The van der Waals surface area contributed by atoms with Gasteiger partial charge in [-0.15, -0.1) is 0 Å². The van der Waals surface area contributed by atoms with E-state index in [4.69, 9.17) is 14.9 Å². The number of hydrogen-bond donors (Lipinski definition) is 3. The number of fused-ring (bicyclic) bond motifs is 1. The van der Waals surface area contributed by atoms with Crippen molar-refractivity contribution in [3.8, 4) is 17.0 Å². The summed E-state index contributed by atoms with van der Waals surface area (Å²) >= 11 is 0. The van der Waals surface area contributed by atoms with E-state index in [1.54, 1.807) is 17.6 Å². The summed E-state index contributed by atoms with van der Waals surface area (Å²) in [4.78, 5) is 29.1. The normalized spacial score (nSPS) is 22.2. The number of nitrogens with one attached hydrogen (secondary N) is 2. The number of rotatable bonds is 6. The SMILES string of the molecule is O=C(NO)[C@H]1C[C@@]12CC(c1ccc(OCc3cc(-c4ccccc4)nc4ccccc34)c(F)c1)NC2=O. The zero-order chi connectivity index (χ0) is 25.6. The maximum absolute atomic E-state index is 15.1. The number of benzene rings is 3. The van der Waals surface area contributed by atoms with Crippen molar-refractivity contribution >= 4 is 22.7 Å². The Hall–Kier alpha value is -4.30. The Morgan fingerprint density at radius 3 is 2.65 bits per heavy atom. The monoisotopic (exact) mass is 497 g/mol. The number of hydroxylamine groups is 1. The van der Waals surface area contributed by atoms with Crippen molar-refractivity contribution in [2.75, 3.05) is 0 Å². The van der Waals surface area contributed by atoms with Crippen molar-refractivity contribution in [3.05, 3.63) is 95.8 Å². The summed E-state index contributed by atoms with van der Waals surface area (Å²) in [5.74, 6) is -1.80. The van der Waals surface area contributed by atoms with Gasteiger partial charge in [0.05, 0.1) is 28.6 Å². The molecule has 6 rings (SSSR count). The van der Waals surface area contributed by atoms with Gasteiger partial charge in [-0.25, -0.2) is 14.9 Å². The topological polar surface area (TPSA) is 101 Å². The molecule has 4 aromatic rings. The third kappa shape index (κ3) is 4.09. The average Bonchev–Trinajstić information content (AvgIpc) is 3.57. The van der Waals surface area contributed by atoms with Crippen LogP contribution in [0.2, 0.25) is 0 Å². The Labute approximate surface area is 212 Å². The summed E-state index contributed by atoms with van der Waals surface area (Å²) in [5, 5.41) is 12.7. The average molecular weight is 498 g/mol. The Bertz CT molecular complexity index is 1530. The minimum Gasteiger partial charge on any atom is -0.486 e. The molecule has 0 bridgehead atoms. The van der Waals surface area contributed by atoms with Crippen LogP contribution in [-0.4, -0.2) is 22.0 Å². The molecule has 2 aliphatic rings. The summed E-state index contributed by atoms with van der Waals surface area (Å²) < 4.78 is 21.0. The standard InChI is InChI=1S/C29H24FN3O4/c30-22-12-18(25-15-29(28(35)32-25)14-21(29)27(34)33-36)10-11-26(22)37-16-19-13-24(17-6-2-1-3-7-17)31-23-9-5-4-8-20(19)23/h1-13,21,25,36H,14-16H2,(H,32,35)(H,33,34)/t21-,25?,29-/m1/s1. The molecule has 1 spiro atoms. The van der Waals surface area contributed by atoms with E-state index in [-0.39, 0.29) is 18.3 Å². The Morgan fingerprint density at radius 2 is 1.86 bits per heavy atom. The molecule has 7 nitrogen and oxygen atoms in total. The fourth-order valence-electron chi connectivity index (χ4n) is 5.34. The molecule has 186 valence electrons. The summed E-state index contributed by atoms with van der Waals surface area (Å²) in [5.41, 5.74) is 4.91. The maximum atomic E-state index is 15.1. The number of carbonyl (C=O) groups is 2. The van der Waals surface area contributed by atoms with Gasteiger partial charge in [0.15, 0.2) is 11.6 Å². The van der Waals surface area contributed by atoms with Gasteiger partial charge in [0.25, 0.3) is 0 Å². The molecule has 37 heavy (non-hydrogen) atoms. The minimum atomic E-state index is -0.831. The van der Waals surface area contributed by atoms with Crippen molar-refractivity contribution in [3.63, 3.8) is 0 Å². The molecule has 1 unspecified atom stereocenters. The van der Waals surface area contributed by atoms with E-state index in [0.29, 0.717) is 18.4 Å². The lowest BCUT2D eigenvalue weighted by Gasteiger charge is -2.14. The highest BCUT2D eigenvalue weighted by molar-refractivity contribution is 5.97. The fraction of sp³-hybridized carbons (Fsp3) is 0.207. The van der Waals surface area contributed by atoms with Crippen molar-refractivity contribution in [1.82, 2.24) is 15.8 Å². The summed E-state index contributed by atoms with van der Waals surface area (Å²) in [7, 11) is 0. The lowest BCUT2D eigenvalue weighted by atomic mass is 9.95. The predicted octanol–water partition coefficient (Wildman–Crippen LogP) is 4.69. The first-order valence-corrected chi connectivity index (χ1v) is 12.1. The van der Waals surface area contributed by atoms with Crippen molar-refractivity contribution in [1.29, 1.82) is 0 Å². The first-order valence-electron chi connectivity index (χ1n) is 12.1.